The van der Waals surface area contributed by atoms with E-state index < -0.39 is 29.4 Å². The van der Waals surface area contributed by atoms with Gasteiger partial charge in [-0.15, -0.1) is 0 Å². The minimum absolute atomic E-state index is 0.0593. The Kier molecular flexibility index (Phi) is 2.01. The lowest BCUT2D eigenvalue weighted by Gasteiger charge is -2.26. The van der Waals surface area contributed by atoms with E-state index in [-0.39, 0.29) is 23.5 Å². The summed E-state index contributed by atoms with van der Waals surface area (Å²) in [5.41, 5.74) is -2.71. The molecular weight excluding hydrogens is 268 g/mol. The second-order valence-electron chi connectivity index (χ2n) is 5.23. The minimum Gasteiger partial charge on any atom is -0.507 e. The van der Waals surface area contributed by atoms with E-state index in [9.17, 15) is 20.1 Å². The van der Waals surface area contributed by atoms with E-state index in [2.05, 4.69) is 0 Å². The zero-order chi connectivity index (χ0) is 14.3. The van der Waals surface area contributed by atoms with Gasteiger partial charge >= 0.3 is 0 Å². The molecule has 0 saturated carbocycles. The van der Waals surface area contributed by atoms with Crippen molar-refractivity contribution >= 4 is 5.78 Å². The molecule has 4 rings (SSSR count). The van der Waals surface area contributed by atoms with Crippen LogP contribution in [0.15, 0.2) is 12.1 Å². The number of methoxy groups -OCH3 is 1. The molecule has 2 heterocycles. The van der Waals surface area contributed by atoms with Gasteiger partial charge in [0.25, 0.3) is 0 Å². The number of aromatic hydroxyl groups is 1. The first-order valence-electron chi connectivity index (χ1n) is 6.11. The van der Waals surface area contributed by atoms with E-state index in [1.54, 1.807) is 0 Å². The van der Waals surface area contributed by atoms with Crippen molar-refractivity contribution in [1.82, 2.24) is 0 Å². The van der Waals surface area contributed by atoms with Crippen LogP contribution in [0.2, 0.25) is 0 Å². The molecule has 2 fully saturated rings. The number of epoxide rings is 1. The number of ketones is 1. The summed E-state index contributed by atoms with van der Waals surface area (Å²) >= 11 is 0. The molecule has 1 aliphatic carbocycles. The maximum absolute atomic E-state index is 12.6. The summed E-state index contributed by atoms with van der Waals surface area (Å²) in [5, 5.41) is 30.3. The van der Waals surface area contributed by atoms with E-state index in [0.29, 0.717) is 5.75 Å². The predicted molar refractivity (Wildman–Crippen MR) is 62.5 cm³/mol. The quantitative estimate of drug-likeness (QED) is 0.594. The first-order chi connectivity index (χ1) is 9.48. The lowest BCUT2D eigenvalue weighted by molar-refractivity contribution is -0.132. The number of fused-ring (bicyclic) bond motifs is 1. The zero-order valence-electron chi connectivity index (χ0n) is 10.5. The summed E-state index contributed by atoms with van der Waals surface area (Å²) in [5.74, 6) is -0.582. The SMILES string of the molecule is COc1cc(O)c2c(c1)[C@@H](O)[C@@]13CO[C@@H](O)[C@@]1(O3)C2=O. The van der Waals surface area contributed by atoms with Crippen LogP contribution in [0.4, 0.5) is 0 Å². The topological polar surface area (TPSA) is 109 Å². The van der Waals surface area contributed by atoms with Gasteiger partial charge in [0.05, 0.1) is 19.3 Å². The van der Waals surface area contributed by atoms with Gasteiger partial charge in [0.2, 0.25) is 11.4 Å². The number of hydrogen-bond donors (Lipinski definition) is 3. The van der Waals surface area contributed by atoms with Crippen molar-refractivity contribution in [2.75, 3.05) is 13.7 Å². The van der Waals surface area contributed by atoms with E-state index in [1.165, 1.54) is 19.2 Å². The summed E-state index contributed by atoms with van der Waals surface area (Å²) in [6.45, 7) is -0.0848. The summed E-state index contributed by atoms with van der Waals surface area (Å²) in [6, 6.07) is 2.75. The molecule has 4 atom stereocenters. The first-order valence-corrected chi connectivity index (χ1v) is 6.11. The fourth-order valence-electron chi connectivity index (χ4n) is 3.31. The molecule has 0 radical (unpaired) electrons. The predicted octanol–water partition coefficient (Wildman–Crippen LogP) is -0.513. The number of rotatable bonds is 1. The lowest BCUT2D eigenvalue weighted by atomic mass is 9.74. The van der Waals surface area contributed by atoms with E-state index >= 15 is 0 Å². The van der Waals surface area contributed by atoms with Crippen molar-refractivity contribution in [1.29, 1.82) is 0 Å². The van der Waals surface area contributed by atoms with Gasteiger partial charge < -0.3 is 29.5 Å². The lowest BCUT2D eigenvalue weighted by Crippen LogP contribution is -2.46. The monoisotopic (exact) mass is 280 g/mol. The highest BCUT2D eigenvalue weighted by atomic mass is 16.8. The van der Waals surface area contributed by atoms with E-state index in [4.69, 9.17) is 14.2 Å². The molecule has 0 aromatic heterocycles. The molecule has 20 heavy (non-hydrogen) atoms. The fourth-order valence-corrected chi connectivity index (χ4v) is 3.31. The van der Waals surface area contributed by atoms with Crippen LogP contribution in [-0.2, 0) is 9.47 Å². The van der Waals surface area contributed by atoms with Crippen LogP contribution in [0, 0.1) is 0 Å². The number of aliphatic hydroxyl groups excluding tert-OH is 2. The van der Waals surface area contributed by atoms with Gasteiger partial charge in [0.15, 0.2) is 11.9 Å². The fraction of sp³-hybridized carbons (Fsp3) is 0.462. The van der Waals surface area contributed by atoms with Gasteiger partial charge in [0, 0.05) is 11.6 Å². The number of Topliss-reactive ketones (excluding diaryl/α,β-unsaturated/α-hetero) is 1. The molecule has 7 heteroatoms. The zero-order valence-corrected chi connectivity index (χ0v) is 10.5. The first kappa shape index (κ1) is 12.1. The molecular formula is C13H12O7. The van der Waals surface area contributed by atoms with E-state index in [0.717, 1.165) is 0 Å². The molecule has 7 nitrogen and oxygen atoms in total. The third-order valence-electron chi connectivity index (χ3n) is 4.39. The average molecular weight is 280 g/mol. The molecule has 106 valence electrons. The number of phenols is 1. The minimum atomic E-state index is -1.61. The summed E-state index contributed by atoms with van der Waals surface area (Å²) in [6.07, 6.45) is -2.63. The number of phenolic OH excluding ortho intramolecular Hbond substituents is 1. The van der Waals surface area contributed by atoms with E-state index in [1.807, 2.05) is 0 Å². The van der Waals surface area contributed by atoms with Gasteiger partial charge in [-0.1, -0.05) is 0 Å². The molecule has 1 aromatic carbocycles. The molecule has 0 amide bonds. The van der Waals surface area contributed by atoms with Crippen molar-refractivity contribution in [3.8, 4) is 11.5 Å². The van der Waals surface area contributed by atoms with Crippen LogP contribution in [-0.4, -0.2) is 52.3 Å². The Morgan fingerprint density at radius 2 is 2.15 bits per heavy atom. The Morgan fingerprint density at radius 1 is 1.40 bits per heavy atom. The highest BCUT2D eigenvalue weighted by Gasteiger charge is 2.87. The van der Waals surface area contributed by atoms with Crippen LogP contribution in [0.1, 0.15) is 22.0 Å². The van der Waals surface area contributed by atoms with Crippen molar-refractivity contribution in [2.24, 2.45) is 0 Å². The third kappa shape index (κ3) is 1.02. The average Bonchev–Trinajstić information content (AvgIpc) is 3.06. The van der Waals surface area contributed by atoms with Gasteiger partial charge in [-0.05, 0) is 6.07 Å². The van der Waals surface area contributed by atoms with Gasteiger partial charge in [-0.2, -0.15) is 0 Å². The largest absolute Gasteiger partial charge is 0.507 e. The maximum atomic E-state index is 12.6. The van der Waals surface area contributed by atoms with Crippen molar-refractivity contribution < 1.29 is 34.3 Å². The molecule has 2 saturated heterocycles. The second kappa shape index (κ2) is 3.32. The van der Waals surface area contributed by atoms with Crippen LogP contribution in [0.3, 0.4) is 0 Å². The number of carbonyl (C=O) groups excluding carboxylic acids is 1. The van der Waals surface area contributed by atoms with Crippen LogP contribution in [0.25, 0.3) is 0 Å². The molecule has 3 N–H and O–H groups in total. The number of hydrogen-bond acceptors (Lipinski definition) is 7. The van der Waals surface area contributed by atoms with Crippen LogP contribution < -0.4 is 4.74 Å². The normalized spacial score (nSPS) is 40.9. The Balaban J connectivity index is 1.97. The number of benzene rings is 1. The molecule has 1 aromatic rings. The Hall–Kier alpha value is -1.67. The molecule has 2 aliphatic heterocycles. The van der Waals surface area contributed by atoms with Crippen LogP contribution >= 0.6 is 0 Å². The molecule has 0 unspecified atom stereocenters. The number of aliphatic hydroxyl groups is 2. The standard InChI is InChI=1S/C13H12O7/c1-18-5-2-6-8(7(14)3-5)10(16)13-11(17)19-4-12(13,20-13)9(6)15/h2-3,9,11,14-15,17H,4H2,1H3/t9-,11-,12+,13+/m1/s1. The van der Waals surface area contributed by atoms with Crippen molar-refractivity contribution in [2.45, 2.75) is 23.6 Å². The smallest absolute Gasteiger partial charge is 0.216 e. The highest BCUT2D eigenvalue weighted by Crippen LogP contribution is 2.66. The second-order valence-corrected chi connectivity index (χ2v) is 5.23. The molecule has 0 bridgehead atoms. The Morgan fingerprint density at radius 3 is 2.85 bits per heavy atom. The van der Waals surface area contributed by atoms with Gasteiger partial charge in [-0.25, -0.2) is 0 Å². The maximum Gasteiger partial charge on any atom is 0.216 e. The van der Waals surface area contributed by atoms with Gasteiger partial charge in [-0.3, -0.25) is 4.79 Å². The number of carbonyl (C=O) groups is 1. The highest BCUT2D eigenvalue weighted by molar-refractivity contribution is 6.11. The summed E-state index contributed by atoms with van der Waals surface area (Å²) in [4.78, 5) is 12.6. The summed E-state index contributed by atoms with van der Waals surface area (Å²) in [7, 11) is 1.41. The Labute approximate surface area is 113 Å². The van der Waals surface area contributed by atoms with Crippen molar-refractivity contribution in [3.05, 3.63) is 23.3 Å². The molecule has 0 spiro atoms. The van der Waals surface area contributed by atoms with Crippen LogP contribution in [0.5, 0.6) is 11.5 Å². The Bertz CT molecular complexity index is 642. The third-order valence-corrected chi connectivity index (χ3v) is 4.39. The van der Waals surface area contributed by atoms with Gasteiger partial charge in [0.1, 0.15) is 17.6 Å². The summed E-state index contributed by atoms with van der Waals surface area (Å²) < 4.78 is 15.5. The number of ether oxygens (including phenoxy) is 3. The van der Waals surface area contributed by atoms with Crippen molar-refractivity contribution in [3.63, 3.8) is 0 Å². The molecule has 3 aliphatic rings.